The van der Waals surface area contributed by atoms with Gasteiger partial charge in [0.05, 0.1) is 0 Å². The third-order valence-electron chi connectivity index (χ3n) is 5.90. The Bertz CT molecular complexity index is 665. The molecule has 0 fully saturated rings. The molecule has 0 saturated heterocycles. The second-order valence-corrected chi connectivity index (χ2v) is 8.72. The van der Waals surface area contributed by atoms with Gasteiger partial charge in [-0.1, -0.05) is 103 Å². The van der Waals surface area contributed by atoms with Crippen LogP contribution in [-0.4, -0.2) is 5.11 Å². The Hall–Kier alpha value is -1.96. The van der Waals surface area contributed by atoms with Crippen LogP contribution in [0.4, 0.5) is 11.4 Å². The van der Waals surface area contributed by atoms with Crippen molar-refractivity contribution in [2.75, 3.05) is 5.32 Å². The lowest BCUT2D eigenvalue weighted by Crippen LogP contribution is -1.92. The standard InChI is InChI=1S/C28H43NO/c1-2-3-4-5-6-7-8-9-10-11-12-13-14-15-17-25-18-16-19-27(24-25)29-26-20-22-28(30)23-21-26/h16,18-24,29-30H,2-15,17H2,1H3. The number of hydrogen-bond acceptors (Lipinski definition) is 2. The number of nitrogens with one attached hydrogen (secondary N) is 1. The molecule has 0 heterocycles. The Balaban J connectivity index is 1.47. The molecule has 0 unspecified atom stereocenters. The average molecular weight is 410 g/mol. The first-order valence-electron chi connectivity index (χ1n) is 12.4. The molecule has 0 spiro atoms. The number of unbranched alkanes of at least 4 members (excludes halogenated alkanes) is 13. The first-order valence-corrected chi connectivity index (χ1v) is 12.4. The summed E-state index contributed by atoms with van der Waals surface area (Å²) in [7, 11) is 0. The molecular weight excluding hydrogens is 366 g/mol. The van der Waals surface area contributed by atoms with Gasteiger partial charge < -0.3 is 10.4 Å². The van der Waals surface area contributed by atoms with Gasteiger partial charge in [-0.05, 0) is 54.8 Å². The van der Waals surface area contributed by atoms with Gasteiger partial charge >= 0.3 is 0 Å². The van der Waals surface area contributed by atoms with E-state index in [4.69, 9.17) is 0 Å². The van der Waals surface area contributed by atoms with Crippen molar-refractivity contribution in [2.24, 2.45) is 0 Å². The van der Waals surface area contributed by atoms with Crippen molar-refractivity contribution >= 4 is 11.4 Å². The van der Waals surface area contributed by atoms with E-state index in [9.17, 15) is 5.11 Å². The van der Waals surface area contributed by atoms with E-state index in [2.05, 4.69) is 36.5 Å². The van der Waals surface area contributed by atoms with Crippen LogP contribution in [0, 0.1) is 0 Å². The van der Waals surface area contributed by atoms with Crippen molar-refractivity contribution in [3.8, 4) is 5.75 Å². The molecule has 0 aliphatic carbocycles. The minimum absolute atomic E-state index is 0.298. The topological polar surface area (TPSA) is 32.3 Å². The van der Waals surface area contributed by atoms with Crippen LogP contribution in [0.25, 0.3) is 0 Å². The maximum absolute atomic E-state index is 9.40. The van der Waals surface area contributed by atoms with Gasteiger partial charge in [0.25, 0.3) is 0 Å². The molecule has 0 saturated carbocycles. The zero-order chi connectivity index (χ0) is 21.3. The highest BCUT2D eigenvalue weighted by molar-refractivity contribution is 5.60. The van der Waals surface area contributed by atoms with Gasteiger partial charge in [-0.15, -0.1) is 0 Å². The zero-order valence-corrected chi connectivity index (χ0v) is 19.2. The highest BCUT2D eigenvalue weighted by Gasteiger charge is 1.99. The van der Waals surface area contributed by atoms with Crippen molar-refractivity contribution < 1.29 is 5.11 Å². The monoisotopic (exact) mass is 409 g/mol. The van der Waals surface area contributed by atoms with E-state index >= 15 is 0 Å². The molecule has 30 heavy (non-hydrogen) atoms. The average Bonchev–Trinajstić information content (AvgIpc) is 2.76. The van der Waals surface area contributed by atoms with Crippen LogP contribution < -0.4 is 5.32 Å². The van der Waals surface area contributed by atoms with Crippen molar-refractivity contribution in [3.05, 3.63) is 54.1 Å². The summed E-state index contributed by atoms with van der Waals surface area (Å²) in [6.45, 7) is 2.29. The number of anilines is 2. The lowest BCUT2D eigenvalue weighted by Gasteiger charge is -2.09. The zero-order valence-electron chi connectivity index (χ0n) is 19.2. The lowest BCUT2D eigenvalue weighted by molar-refractivity contribution is 0.475. The summed E-state index contributed by atoms with van der Waals surface area (Å²) in [4.78, 5) is 0. The lowest BCUT2D eigenvalue weighted by atomic mass is 10.0. The van der Waals surface area contributed by atoms with Gasteiger partial charge in [0.1, 0.15) is 5.75 Å². The van der Waals surface area contributed by atoms with E-state index in [1.807, 2.05) is 12.1 Å². The predicted octanol–water partition coefficient (Wildman–Crippen LogP) is 9.16. The highest BCUT2D eigenvalue weighted by atomic mass is 16.3. The molecule has 2 nitrogen and oxygen atoms in total. The Morgan fingerprint density at radius 2 is 1.13 bits per heavy atom. The molecule has 0 bridgehead atoms. The van der Waals surface area contributed by atoms with Crippen LogP contribution in [-0.2, 0) is 6.42 Å². The van der Waals surface area contributed by atoms with Crippen LogP contribution in [0.5, 0.6) is 5.75 Å². The van der Waals surface area contributed by atoms with E-state index in [1.165, 1.54) is 95.5 Å². The van der Waals surface area contributed by atoms with Gasteiger partial charge in [0, 0.05) is 11.4 Å². The number of rotatable bonds is 17. The van der Waals surface area contributed by atoms with Gasteiger partial charge in [-0.3, -0.25) is 0 Å². The van der Waals surface area contributed by atoms with E-state index in [0.717, 1.165) is 17.8 Å². The van der Waals surface area contributed by atoms with Crippen molar-refractivity contribution in [1.82, 2.24) is 0 Å². The van der Waals surface area contributed by atoms with Crippen LogP contribution in [0.2, 0.25) is 0 Å². The van der Waals surface area contributed by atoms with Gasteiger partial charge in [-0.25, -0.2) is 0 Å². The summed E-state index contributed by atoms with van der Waals surface area (Å²) < 4.78 is 0. The minimum Gasteiger partial charge on any atom is -0.508 e. The summed E-state index contributed by atoms with van der Waals surface area (Å²) >= 11 is 0. The first kappa shape index (κ1) is 24.3. The molecule has 0 aliphatic heterocycles. The normalized spacial score (nSPS) is 11.0. The molecule has 166 valence electrons. The largest absolute Gasteiger partial charge is 0.508 e. The van der Waals surface area contributed by atoms with Gasteiger partial charge in [0.15, 0.2) is 0 Å². The third kappa shape index (κ3) is 11.3. The fourth-order valence-corrected chi connectivity index (χ4v) is 4.04. The Morgan fingerprint density at radius 3 is 1.70 bits per heavy atom. The number of hydrogen-bond donors (Lipinski definition) is 2. The molecule has 0 aromatic heterocycles. The Labute approximate surface area is 185 Å². The Kier molecular flexibility index (Phi) is 12.8. The quantitative estimate of drug-likeness (QED) is 0.201. The molecule has 0 atom stereocenters. The molecule has 2 aromatic rings. The Morgan fingerprint density at radius 1 is 0.600 bits per heavy atom. The minimum atomic E-state index is 0.298. The predicted molar refractivity (Wildman–Crippen MR) is 132 cm³/mol. The highest BCUT2D eigenvalue weighted by Crippen LogP contribution is 2.21. The second-order valence-electron chi connectivity index (χ2n) is 8.72. The molecule has 0 amide bonds. The van der Waals surface area contributed by atoms with E-state index in [-0.39, 0.29) is 0 Å². The molecule has 2 N–H and O–H groups in total. The summed E-state index contributed by atoms with van der Waals surface area (Å²) in [5.74, 6) is 0.298. The number of phenolic OH excluding ortho intramolecular Hbond substituents is 1. The van der Waals surface area contributed by atoms with E-state index < -0.39 is 0 Å². The summed E-state index contributed by atoms with van der Waals surface area (Å²) in [6, 6.07) is 15.9. The fraction of sp³-hybridized carbons (Fsp3) is 0.571. The second kappa shape index (κ2) is 15.8. The molecule has 2 rings (SSSR count). The molecule has 2 aromatic carbocycles. The van der Waals surface area contributed by atoms with Crippen LogP contribution in [0.1, 0.15) is 102 Å². The smallest absolute Gasteiger partial charge is 0.115 e. The molecular formula is C28H43NO. The van der Waals surface area contributed by atoms with E-state index in [1.54, 1.807) is 12.1 Å². The summed E-state index contributed by atoms with van der Waals surface area (Å²) in [5, 5.41) is 12.8. The number of aryl methyl sites for hydroxylation is 1. The third-order valence-corrected chi connectivity index (χ3v) is 5.90. The number of aromatic hydroxyl groups is 1. The fourth-order valence-electron chi connectivity index (χ4n) is 4.04. The van der Waals surface area contributed by atoms with Gasteiger partial charge in [0.2, 0.25) is 0 Å². The molecule has 0 radical (unpaired) electrons. The summed E-state index contributed by atoms with van der Waals surface area (Å²) in [6.07, 6.45) is 20.8. The van der Waals surface area contributed by atoms with Crippen molar-refractivity contribution in [3.63, 3.8) is 0 Å². The van der Waals surface area contributed by atoms with Crippen molar-refractivity contribution in [2.45, 2.75) is 103 Å². The number of phenols is 1. The maximum Gasteiger partial charge on any atom is 0.115 e. The molecule has 2 heteroatoms. The van der Waals surface area contributed by atoms with Crippen molar-refractivity contribution in [1.29, 1.82) is 0 Å². The van der Waals surface area contributed by atoms with Crippen LogP contribution in [0.15, 0.2) is 48.5 Å². The van der Waals surface area contributed by atoms with Gasteiger partial charge in [-0.2, -0.15) is 0 Å². The van der Waals surface area contributed by atoms with Crippen LogP contribution >= 0.6 is 0 Å². The number of benzene rings is 2. The van der Waals surface area contributed by atoms with E-state index in [0.29, 0.717) is 5.75 Å². The van der Waals surface area contributed by atoms with Crippen LogP contribution in [0.3, 0.4) is 0 Å². The first-order chi connectivity index (χ1) is 14.8. The maximum atomic E-state index is 9.40. The molecule has 0 aliphatic rings. The SMILES string of the molecule is CCCCCCCCCCCCCCCCc1cccc(Nc2ccc(O)cc2)c1. The summed E-state index contributed by atoms with van der Waals surface area (Å²) in [5.41, 5.74) is 3.52.